The fraction of sp³-hybridized carbons (Fsp3) is 0.278. The first-order chi connectivity index (χ1) is 10.2. The van der Waals surface area contributed by atoms with Gasteiger partial charge in [-0.2, -0.15) is 5.26 Å². The summed E-state index contributed by atoms with van der Waals surface area (Å²) in [5.41, 5.74) is 4.90. The predicted molar refractivity (Wildman–Crippen MR) is 82.4 cm³/mol. The summed E-state index contributed by atoms with van der Waals surface area (Å²) in [6.45, 7) is 4.16. The molecular weight excluding hydrogens is 260 g/mol. The number of nitriles is 1. The van der Waals surface area contributed by atoms with Crippen molar-refractivity contribution >= 4 is 0 Å². The SMILES string of the molecule is Cc1cccc(-c2ccc(COC3CN(C#N)C3)cc2)c1. The first-order valence-corrected chi connectivity index (χ1v) is 7.17. The molecule has 3 heteroatoms. The van der Waals surface area contributed by atoms with Crippen LogP contribution in [0.25, 0.3) is 11.1 Å². The Kier molecular flexibility index (Phi) is 3.89. The zero-order valence-electron chi connectivity index (χ0n) is 12.1. The van der Waals surface area contributed by atoms with Crippen molar-refractivity contribution in [3.8, 4) is 17.3 Å². The molecule has 2 aromatic carbocycles. The number of likely N-dealkylation sites (tertiary alicyclic amines) is 1. The summed E-state index contributed by atoms with van der Waals surface area (Å²) in [7, 11) is 0. The van der Waals surface area contributed by atoms with Crippen LogP contribution in [0.3, 0.4) is 0 Å². The number of hydrogen-bond acceptors (Lipinski definition) is 3. The first kappa shape index (κ1) is 13.7. The van der Waals surface area contributed by atoms with Gasteiger partial charge in [0.15, 0.2) is 6.19 Å². The molecule has 3 rings (SSSR count). The van der Waals surface area contributed by atoms with Crippen LogP contribution in [0.4, 0.5) is 0 Å². The predicted octanol–water partition coefficient (Wildman–Crippen LogP) is 3.34. The van der Waals surface area contributed by atoms with Crippen LogP contribution >= 0.6 is 0 Å². The molecule has 0 unspecified atom stereocenters. The first-order valence-electron chi connectivity index (χ1n) is 7.17. The molecule has 0 bridgehead atoms. The molecule has 0 N–H and O–H groups in total. The van der Waals surface area contributed by atoms with Gasteiger partial charge in [-0.25, -0.2) is 0 Å². The quantitative estimate of drug-likeness (QED) is 0.805. The Balaban J connectivity index is 1.58. The maximum absolute atomic E-state index is 8.67. The Morgan fingerprint density at radius 2 is 1.90 bits per heavy atom. The van der Waals surface area contributed by atoms with Gasteiger partial charge in [-0.1, -0.05) is 54.1 Å². The zero-order chi connectivity index (χ0) is 14.7. The lowest BCUT2D eigenvalue weighted by Gasteiger charge is -2.34. The molecule has 0 spiro atoms. The molecule has 0 atom stereocenters. The van der Waals surface area contributed by atoms with E-state index in [9.17, 15) is 0 Å². The molecule has 1 aliphatic heterocycles. The average Bonchev–Trinajstić information content (AvgIpc) is 2.46. The molecule has 1 fully saturated rings. The van der Waals surface area contributed by atoms with Gasteiger partial charge in [0, 0.05) is 0 Å². The highest BCUT2D eigenvalue weighted by molar-refractivity contribution is 5.64. The molecule has 0 radical (unpaired) electrons. The summed E-state index contributed by atoms with van der Waals surface area (Å²) in [4.78, 5) is 1.70. The maximum atomic E-state index is 8.67. The Hall–Kier alpha value is -2.31. The second-order valence-corrected chi connectivity index (χ2v) is 5.50. The van der Waals surface area contributed by atoms with Crippen LogP contribution < -0.4 is 0 Å². The number of nitrogens with zero attached hydrogens (tertiary/aromatic N) is 2. The lowest BCUT2D eigenvalue weighted by atomic mass is 10.0. The second kappa shape index (κ2) is 5.99. The van der Waals surface area contributed by atoms with E-state index < -0.39 is 0 Å². The highest BCUT2D eigenvalue weighted by atomic mass is 16.5. The van der Waals surface area contributed by atoms with Gasteiger partial charge in [0.05, 0.1) is 25.8 Å². The molecule has 3 nitrogen and oxygen atoms in total. The minimum atomic E-state index is 0.195. The van der Waals surface area contributed by atoms with Crippen molar-refractivity contribution in [1.29, 1.82) is 5.26 Å². The van der Waals surface area contributed by atoms with Gasteiger partial charge in [0.2, 0.25) is 0 Å². The van der Waals surface area contributed by atoms with E-state index in [1.807, 2.05) is 0 Å². The normalized spacial score (nSPS) is 14.6. The summed E-state index contributed by atoms with van der Waals surface area (Å²) in [5.74, 6) is 0. The molecule has 0 saturated carbocycles. The highest BCUT2D eigenvalue weighted by Crippen LogP contribution is 2.21. The van der Waals surface area contributed by atoms with Gasteiger partial charge in [-0.3, -0.25) is 0 Å². The lowest BCUT2D eigenvalue weighted by molar-refractivity contribution is -0.0400. The van der Waals surface area contributed by atoms with Crippen molar-refractivity contribution in [3.63, 3.8) is 0 Å². The van der Waals surface area contributed by atoms with Gasteiger partial charge in [-0.05, 0) is 23.6 Å². The van der Waals surface area contributed by atoms with Gasteiger partial charge < -0.3 is 9.64 Å². The van der Waals surface area contributed by atoms with E-state index in [1.165, 1.54) is 22.3 Å². The average molecular weight is 278 g/mol. The van der Waals surface area contributed by atoms with Gasteiger partial charge >= 0.3 is 0 Å². The van der Waals surface area contributed by atoms with E-state index in [1.54, 1.807) is 4.90 Å². The molecule has 106 valence electrons. The third-order valence-corrected chi connectivity index (χ3v) is 3.78. The van der Waals surface area contributed by atoms with Gasteiger partial charge in [0.25, 0.3) is 0 Å². The van der Waals surface area contributed by atoms with Crippen LogP contribution in [0.5, 0.6) is 0 Å². The summed E-state index contributed by atoms with van der Waals surface area (Å²) in [6, 6.07) is 17.0. The smallest absolute Gasteiger partial charge is 0.179 e. The maximum Gasteiger partial charge on any atom is 0.179 e. The topological polar surface area (TPSA) is 36.3 Å². The standard InChI is InChI=1S/C18H18N2O/c1-14-3-2-4-17(9-14)16-7-5-15(6-8-16)12-21-18-10-20(11-18)13-19/h2-9,18H,10-12H2,1H3. The van der Waals surface area contributed by atoms with E-state index >= 15 is 0 Å². The van der Waals surface area contributed by atoms with E-state index in [4.69, 9.17) is 10.00 Å². The van der Waals surface area contributed by atoms with Crippen LogP contribution in [-0.2, 0) is 11.3 Å². The molecule has 1 heterocycles. The summed E-state index contributed by atoms with van der Waals surface area (Å²) < 4.78 is 5.77. The minimum absolute atomic E-state index is 0.195. The molecule has 0 aromatic heterocycles. The van der Waals surface area contributed by atoms with E-state index in [0.717, 1.165) is 13.1 Å². The largest absolute Gasteiger partial charge is 0.370 e. The molecular formula is C18H18N2O. The third-order valence-electron chi connectivity index (χ3n) is 3.78. The fourth-order valence-electron chi connectivity index (χ4n) is 2.46. The Bertz CT molecular complexity index is 652. The summed E-state index contributed by atoms with van der Waals surface area (Å²) in [5, 5.41) is 8.67. The molecule has 21 heavy (non-hydrogen) atoms. The van der Waals surface area contributed by atoms with Crippen molar-refractivity contribution < 1.29 is 4.74 Å². The van der Waals surface area contributed by atoms with Crippen LogP contribution in [0.15, 0.2) is 48.5 Å². The van der Waals surface area contributed by atoms with Crippen molar-refractivity contribution in [3.05, 3.63) is 59.7 Å². The van der Waals surface area contributed by atoms with Crippen molar-refractivity contribution in [1.82, 2.24) is 4.90 Å². The number of ether oxygens (including phenoxy) is 1. The molecule has 1 aliphatic rings. The Morgan fingerprint density at radius 1 is 1.14 bits per heavy atom. The summed E-state index contributed by atoms with van der Waals surface area (Å²) >= 11 is 0. The Labute approximate surface area is 125 Å². The highest BCUT2D eigenvalue weighted by Gasteiger charge is 2.26. The van der Waals surface area contributed by atoms with E-state index in [2.05, 4.69) is 61.6 Å². The lowest BCUT2D eigenvalue weighted by Crippen LogP contribution is -2.49. The van der Waals surface area contributed by atoms with Crippen molar-refractivity contribution in [2.75, 3.05) is 13.1 Å². The fourth-order valence-corrected chi connectivity index (χ4v) is 2.46. The van der Waals surface area contributed by atoms with Crippen LogP contribution in [0, 0.1) is 18.4 Å². The number of benzene rings is 2. The molecule has 1 saturated heterocycles. The van der Waals surface area contributed by atoms with Crippen molar-refractivity contribution in [2.24, 2.45) is 0 Å². The number of hydrogen-bond donors (Lipinski definition) is 0. The third kappa shape index (κ3) is 3.24. The molecule has 0 aliphatic carbocycles. The van der Waals surface area contributed by atoms with E-state index in [-0.39, 0.29) is 6.10 Å². The van der Waals surface area contributed by atoms with E-state index in [0.29, 0.717) is 6.61 Å². The molecule has 0 amide bonds. The van der Waals surface area contributed by atoms with Gasteiger partial charge in [0.1, 0.15) is 0 Å². The number of aryl methyl sites for hydroxylation is 1. The monoisotopic (exact) mass is 278 g/mol. The molecule has 2 aromatic rings. The summed E-state index contributed by atoms with van der Waals surface area (Å²) in [6.07, 6.45) is 2.31. The number of rotatable bonds is 4. The van der Waals surface area contributed by atoms with Crippen LogP contribution in [-0.4, -0.2) is 24.1 Å². The van der Waals surface area contributed by atoms with Crippen LogP contribution in [0.1, 0.15) is 11.1 Å². The minimum Gasteiger partial charge on any atom is -0.370 e. The van der Waals surface area contributed by atoms with Gasteiger partial charge in [-0.15, -0.1) is 0 Å². The van der Waals surface area contributed by atoms with Crippen molar-refractivity contribution in [2.45, 2.75) is 19.6 Å². The second-order valence-electron chi connectivity index (χ2n) is 5.50. The zero-order valence-corrected chi connectivity index (χ0v) is 12.1. The van der Waals surface area contributed by atoms with Crippen LogP contribution in [0.2, 0.25) is 0 Å². The Morgan fingerprint density at radius 3 is 2.57 bits per heavy atom.